The second-order valence-electron chi connectivity index (χ2n) is 14.4. The molecule has 4 heteroatoms. The zero-order valence-corrected chi connectivity index (χ0v) is 32.5. The average Bonchev–Trinajstić information content (AvgIpc) is 3.83. The molecule has 4 nitrogen and oxygen atoms in total. The van der Waals surface area contributed by atoms with Gasteiger partial charge in [0, 0.05) is 32.8 Å². The third-order valence-electron chi connectivity index (χ3n) is 11.2. The lowest BCUT2D eigenvalue weighted by atomic mass is 9.96. The molecule has 0 fully saturated rings. The van der Waals surface area contributed by atoms with E-state index >= 15 is 0 Å². The molecule has 0 bridgehead atoms. The van der Waals surface area contributed by atoms with Crippen LogP contribution in [0.1, 0.15) is 31.0 Å². The lowest BCUT2D eigenvalue weighted by Gasteiger charge is -2.25. The Hall–Kier alpha value is -7.43. The van der Waals surface area contributed by atoms with Crippen molar-refractivity contribution in [2.75, 3.05) is 0 Å². The first-order valence-electron chi connectivity index (χ1n) is 20.2. The topological polar surface area (TPSA) is 34.2 Å². The van der Waals surface area contributed by atoms with Crippen molar-refractivity contribution in [1.82, 2.24) is 14.5 Å². The smallest absolute Gasteiger partial charge is 0.209 e. The molecule has 1 N–H and O–H groups in total. The lowest BCUT2D eigenvalue weighted by Crippen LogP contribution is -2.35. The molecule has 11 rings (SSSR count). The standard InChI is InChI=1S/C52H36N4.C2H6/c1-4-15-37(16-5-1)45-34-46(38-17-6-2-7-18-38)54-52(53-45)56-47-24-12-10-21-42(47)44-33-39(31-32-49(44)56)35-27-29-36(30-28-35)41-23-14-26-50-51(41)43-22-11-13-25-48(43)55(50)40-19-8-3-9-20-40;1-2/h1-34,45H,(H,53,54);1-2H3/t45-;/m1./s1. The van der Waals surface area contributed by atoms with Crippen molar-refractivity contribution >= 4 is 55.3 Å². The van der Waals surface area contributed by atoms with E-state index in [0.717, 1.165) is 28.3 Å². The van der Waals surface area contributed by atoms with E-state index in [1.807, 2.05) is 13.8 Å². The number of benzene rings is 8. The Labute approximate surface area is 338 Å². The molecule has 0 aliphatic carbocycles. The predicted molar refractivity (Wildman–Crippen MR) is 246 cm³/mol. The molecule has 10 aromatic rings. The second kappa shape index (κ2) is 14.9. The Morgan fingerprint density at radius 1 is 0.431 bits per heavy atom. The number of hydrogen-bond donors (Lipinski definition) is 1. The Kier molecular flexibility index (Phi) is 9.00. The fourth-order valence-corrected chi connectivity index (χ4v) is 8.58. The molecule has 1 aliphatic rings. The van der Waals surface area contributed by atoms with Crippen LogP contribution in [0.5, 0.6) is 0 Å². The summed E-state index contributed by atoms with van der Waals surface area (Å²) in [5.41, 5.74) is 13.8. The monoisotopic (exact) mass is 746 g/mol. The molecular weight excluding hydrogens is 705 g/mol. The second-order valence-corrected chi connectivity index (χ2v) is 14.4. The first-order chi connectivity index (χ1) is 28.8. The fraction of sp³-hybridized carbons (Fsp3) is 0.0556. The highest BCUT2D eigenvalue weighted by molar-refractivity contribution is 6.17. The van der Waals surface area contributed by atoms with E-state index in [4.69, 9.17) is 4.99 Å². The molecule has 8 aromatic carbocycles. The van der Waals surface area contributed by atoms with Crippen LogP contribution in [-0.4, -0.2) is 15.1 Å². The van der Waals surface area contributed by atoms with E-state index in [0.29, 0.717) is 0 Å². The summed E-state index contributed by atoms with van der Waals surface area (Å²) in [6, 6.07) is 71.6. The average molecular weight is 747 g/mol. The summed E-state index contributed by atoms with van der Waals surface area (Å²) >= 11 is 0. The largest absolute Gasteiger partial charge is 0.345 e. The van der Waals surface area contributed by atoms with Crippen molar-refractivity contribution in [3.05, 3.63) is 217 Å². The van der Waals surface area contributed by atoms with Crippen molar-refractivity contribution in [2.24, 2.45) is 4.99 Å². The van der Waals surface area contributed by atoms with Crippen molar-refractivity contribution < 1.29 is 0 Å². The number of nitrogens with zero attached hydrogens (tertiary/aromatic N) is 3. The van der Waals surface area contributed by atoms with Crippen LogP contribution in [-0.2, 0) is 0 Å². The Morgan fingerprint density at radius 2 is 1.00 bits per heavy atom. The van der Waals surface area contributed by atoms with Crippen LogP contribution in [0.2, 0.25) is 0 Å². The van der Waals surface area contributed by atoms with Crippen LogP contribution < -0.4 is 5.32 Å². The van der Waals surface area contributed by atoms with Crippen LogP contribution in [0, 0.1) is 0 Å². The first kappa shape index (κ1) is 35.0. The van der Waals surface area contributed by atoms with Gasteiger partial charge in [0.2, 0.25) is 5.96 Å². The number of aliphatic imine (C=N–C) groups is 1. The van der Waals surface area contributed by atoms with Gasteiger partial charge in [-0.15, -0.1) is 0 Å². The van der Waals surface area contributed by atoms with Gasteiger partial charge in [-0.25, -0.2) is 4.99 Å². The van der Waals surface area contributed by atoms with Crippen LogP contribution in [0.4, 0.5) is 0 Å². The van der Waals surface area contributed by atoms with Gasteiger partial charge < -0.3 is 9.88 Å². The number of rotatable bonds is 5. The highest BCUT2D eigenvalue weighted by Gasteiger charge is 2.23. The quantitative estimate of drug-likeness (QED) is 0.187. The molecule has 0 amide bonds. The summed E-state index contributed by atoms with van der Waals surface area (Å²) in [5, 5.41) is 8.71. The zero-order valence-electron chi connectivity index (χ0n) is 32.5. The van der Waals surface area contributed by atoms with E-state index < -0.39 is 0 Å². The number of hydrogen-bond acceptors (Lipinski definition) is 2. The number of fused-ring (bicyclic) bond motifs is 6. The van der Waals surface area contributed by atoms with E-state index in [-0.39, 0.29) is 6.04 Å². The highest BCUT2D eigenvalue weighted by Crippen LogP contribution is 2.40. The Bertz CT molecular complexity index is 3130. The van der Waals surface area contributed by atoms with Gasteiger partial charge in [0.1, 0.15) is 0 Å². The molecule has 1 aliphatic heterocycles. The summed E-state index contributed by atoms with van der Waals surface area (Å²) in [6.45, 7) is 4.00. The summed E-state index contributed by atoms with van der Waals surface area (Å²) in [5.74, 6) is 0.811. The maximum Gasteiger partial charge on any atom is 0.209 e. The van der Waals surface area contributed by atoms with Crippen LogP contribution in [0.25, 0.3) is 77.2 Å². The minimum absolute atomic E-state index is 0.0337. The molecule has 0 radical (unpaired) electrons. The molecule has 1 atom stereocenters. The predicted octanol–water partition coefficient (Wildman–Crippen LogP) is 13.8. The zero-order chi connectivity index (χ0) is 39.0. The van der Waals surface area contributed by atoms with Crippen LogP contribution in [0.3, 0.4) is 0 Å². The SMILES string of the molecule is C1=C(c2ccccc2)N=C(n2c3ccccc3c3cc(-c4ccc(-c5cccc6c5c5ccccc5n6-c5ccccc5)cc4)ccc32)N[C@H]1c1ccccc1.CC. The molecule has 278 valence electrons. The van der Waals surface area contributed by atoms with E-state index in [2.05, 4.69) is 221 Å². The van der Waals surface area contributed by atoms with Crippen molar-refractivity contribution in [1.29, 1.82) is 0 Å². The van der Waals surface area contributed by atoms with Gasteiger partial charge in [0.25, 0.3) is 0 Å². The van der Waals surface area contributed by atoms with Gasteiger partial charge in [-0.1, -0.05) is 172 Å². The summed E-state index contributed by atoms with van der Waals surface area (Å²) in [7, 11) is 0. The van der Waals surface area contributed by atoms with Gasteiger partial charge in [-0.05, 0) is 76.4 Å². The van der Waals surface area contributed by atoms with E-state index in [1.54, 1.807) is 0 Å². The molecule has 0 saturated carbocycles. The molecule has 58 heavy (non-hydrogen) atoms. The third-order valence-corrected chi connectivity index (χ3v) is 11.2. The number of aromatic nitrogens is 2. The van der Waals surface area contributed by atoms with Gasteiger partial charge in [0.15, 0.2) is 0 Å². The molecular formula is C54H42N4. The summed E-state index contributed by atoms with van der Waals surface area (Å²) in [4.78, 5) is 5.28. The highest BCUT2D eigenvalue weighted by atomic mass is 15.2. The molecule has 0 saturated heterocycles. The minimum Gasteiger partial charge on any atom is -0.345 e. The van der Waals surface area contributed by atoms with Crippen LogP contribution in [0.15, 0.2) is 211 Å². The van der Waals surface area contributed by atoms with E-state index in [1.165, 1.54) is 66.1 Å². The van der Waals surface area contributed by atoms with Gasteiger partial charge in [-0.2, -0.15) is 0 Å². The van der Waals surface area contributed by atoms with Crippen LogP contribution >= 0.6 is 0 Å². The first-order valence-corrected chi connectivity index (χ1v) is 20.2. The van der Waals surface area contributed by atoms with Gasteiger partial charge >= 0.3 is 0 Å². The molecule has 0 spiro atoms. The van der Waals surface area contributed by atoms with Gasteiger partial charge in [0.05, 0.1) is 33.8 Å². The minimum atomic E-state index is -0.0337. The van der Waals surface area contributed by atoms with E-state index in [9.17, 15) is 0 Å². The Morgan fingerprint density at radius 3 is 1.74 bits per heavy atom. The molecule has 3 heterocycles. The summed E-state index contributed by atoms with van der Waals surface area (Å²) < 4.78 is 4.67. The molecule has 2 aromatic heterocycles. The maximum atomic E-state index is 5.28. The number of para-hydroxylation sites is 3. The van der Waals surface area contributed by atoms with Crippen molar-refractivity contribution in [3.8, 4) is 27.9 Å². The van der Waals surface area contributed by atoms with Gasteiger partial charge in [-0.3, -0.25) is 4.57 Å². The summed E-state index contributed by atoms with van der Waals surface area (Å²) in [6.07, 6.45) is 2.23. The fourth-order valence-electron chi connectivity index (χ4n) is 8.58. The Balaban J connectivity index is 0.00000201. The lowest BCUT2D eigenvalue weighted by molar-refractivity contribution is 0.760. The normalized spacial score (nSPS) is 13.9. The number of nitrogens with one attached hydrogen (secondary N) is 1. The van der Waals surface area contributed by atoms with Crippen molar-refractivity contribution in [2.45, 2.75) is 19.9 Å². The molecule has 0 unspecified atom stereocenters. The van der Waals surface area contributed by atoms with Crippen molar-refractivity contribution in [3.63, 3.8) is 0 Å². The maximum absolute atomic E-state index is 5.28. The third kappa shape index (κ3) is 5.98.